The lowest BCUT2D eigenvalue weighted by molar-refractivity contribution is 0.0921. The van der Waals surface area contributed by atoms with E-state index in [0.29, 0.717) is 42.5 Å². The maximum atomic E-state index is 11.9. The maximum absolute atomic E-state index is 11.9. The Kier molecular flexibility index (Phi) is 4.53. The zero-order valence-electron chi connectivity index (χ0n) is 11.9. The largest absolute Gasteiger partial charge is 0.455 e. The van der Waals surface area contributed by atoms with Crippen LogP contribution in [0.25, 0.3) is 0 Å². The van der Waals surface area contributed by atoms with Gasteiger partial charge in [-0.15, -0.1) is 11.8 Å². The molecule has 1 aliphatic rings. The van der Waals surface area contributed by atoms with Crippen LogP contribution in [-0.2, 0) is 11.5 Å². The number of fused-ring (bicyclic) bond motifs is 4. The maximum Gasteiger partial charge on any atom is 0.286 e. The van der Waals surface area contributed by atoms with Gasteiger partial charge in [-0.25, -0.2) is 0 Å². The molecule has 0 unspecified atom stereocenters. The molecule has 0 spiro atoms. The number of thioether (sulfide) groups is 1. The van der Waals surface area contributed by atoms with Gasteiger partial charge in [0.2, 0.25) is 0 Å². The molecular formula is C15H16N2O4S. The smallest absolute Gasteiger partial charge is 0.286 e. The van der Waals surface area contributed by atoms with Crippen LogP contribution in [0.2, 0.25) is 0 Å². The lowest BCUT2D eigenvalue weighted by atomic mass is 10.3. The van der Waals surface area contributed by atoms with Crippen LogP contribution >= 0.6 is 11.8 Å². The quantitative estimate of drug-likeness (QED) is 0.777. The van der Waals surface area contributed by atoms with E-state index in [1.807, 2.05) is 0 Å². The minimum absolute atomic E-state index is 0.233. The summed E-state index contributed by atoms with van der Waals surface area (Å²) in [5, 5.41) is 5.52. The van der Waals surface area contributed by atoms with Gasteiger partial charge in [0.1, 0.15) is 11.5 Å². The van der Waals surface area contributed by atoms with E-state index in [1.54, 1.807) is 36.0 Å². The van der Waals surface area contributed by atoms with Crippen molar-refractivity contribution >= 4 is 23.6 Å². The molecule has 2 N–H and O–H groups in total. The third-order valence-corrected chi connectivity index (χ3v) is 4.16. The van der Waals surface area contributed by atoms with Gasteiger partial charge in [-0.3, -0.25) is 9.59 Å². The van der Waals surface area contributed by atoms with Crippen LogP contribution in [0.1, 0.15) is 39.1 Å². The molecule has 0 saturated heterocycles. The third-order valence-electron chi connectivity index (χ3n) is 3.18. The van der Waals surface area contributed by atoms with Crippen molar-refractivity contribution in [1.82, 2.24) is 10.6 Å². The fraction of sp³-hybridized carbons (Fsp3) is 0.333. The summed E-state index contributed by atoms with van der Waals surface area (Å²) in [5.74, 6) is 2.91. The first-order chi connectivity index (χ1) is 10.7. The Balaban J connectivity index is 1.72. The first kappa shape index (κ1) is 14.8. The summed E-state index contributed by atoms with van der Waals surface area (Å²) in [5.41, 5.74) is 0. The summed E-state index contributed by atoms with van der Waals surface area (Å²) in [6.07, 6.45) is 0.633. The molecule has 0 radical (unpaired) electrons. The predicted molar refractivity (Wildman–Crippen MR) is 81.7 cm³/mol. The topological polar surface area (TPSA) is 84.5 Å². The van der Waals surface area contributed by atoms with E-state index in [2.05, 4.69) is 10.6 Å². The minimum atomic E-state index is -0.233. The molecule has 0 fully saturated rings. The summed E-state index contributed by atoms with van der Waals surface area (Å²) in [7, 11) is 0. The number of nitrogens with one attached hydrogen (secondary N) is 2. The number of hydrogen-bond acceptors (Lipinski definition) is 5. The van der Waals surface area contributed by atoms with Crippen LogP contribution in [0.4, 0.5) is 0 Å². The highest BCUT2D eigenvalue weighted by Gasteiger charge is 2.13. The van der Waals surface area contributed by atoms with Gasteiger partial charge < -0.3 is 19.5 Å². The Bertz CT molecular complexity index is 620. The fourth-order valence-corrected chi connectivity index (χ4v) is 2.89. The van der Waals surface area contributed by atoms with Crippen molar-refractivity contribution in [2.75, 3.05) is 13.1 Å². The molecule has 3 heterocycles. The van der Waals surface area contributed by atoms with Gasteiger partial charge in [-0.1, -0.05) is 0 Å². The molecular weight excluding hydrogens is 304 g/mol. The number of amides is 2. The second kappa shape index (κ2) is 6.74. The predicted octanol–water partition coefficient (Wildman–Crippen LogP) is 2.17. The van der Waals surface area contributed by atoms with Crippen LogP contribution in [-0.4, -0.2) is 24.9 Å². The van der Waals surface area contributed by atoms with Crippen molar-refractivity contribution in [2.45, 2.75) is 17.9 Å². The highest BCUT2D eigenvalue weighted by molar-refractivity contribution is 7.97. The van der Waals surface area contributed by atoms with Crippen molar-refractivity contribution in [3.05, 3.63) is 47.3 Å². The average Bonchev–Trinajstić information content (AvgIpc) is 3.15. The summed E-state index contributed by atoms with van der Waals surface area (Å²) < 4.78 is 11.0. The Labute approximate surface area is 131 Å². The molecule has 2 amide bonds. The third kappa shape index (κ3) is 3.54. The summed E-state index contributed by atoms with van der Waals surface area (Å²) in [6.45, 7) is 0.931. The number of rotatable bonds is 0. The first-order valence-corrected chi connectivity index (χ1v) is 8.19. The average molecular weight is 320 g/mol. The van der Waals surface area contributed by atoms with Crippen LogP contribution in [0.5, 0.6) is 0 Å². The monoisotopic (exact) mass is 320 g/mol. The Hall–Kier alpha value is -2.15. The van der Waals surface area contributed by atoms with Gasteiger partial charge in [-0.05, 0) is 30.7 Å². The molecule has 0 aromatic carbocycles. The van der Waals surface area contributed by atoms with Crippen LogP contribution in [0.15, 0.2) is 33.1 Å². The molecule has 1 aliphatic heterocycles. The van der Waals surface area contributed by atoms with Crippen LogP contribution < -0.4 is 10.6 Å². The molecule has 7 heteroatoms. The van der Waals surface area contributed by atoms with Crippen LogP contribution in [0.3, 0.4) is 0 Å². The molecule has 22 heavy (non-hydrogen) atoms. The Morgan fingerprint density at radius 2 is 1.32 bits per heavy atom. The number of carbonyl (C=O) groups excluding carboxylic acids is 2. The zero-order valence-corrected chi connectivity index (χ0v) is 12.7. The van der Waals surface area contributed by atoms with Gasteiger partial charge >= 0.3 is 0 Å². The van der Waals surface area contributed by atoms with E-state index in [9.17, 15) is 9.59 Å². The summed E-state index contributed by atoms with van der Waals surface area (Å²) >= 11 is 1.59. The van der Waals surface area contributed by atoms with Crippen LogP contribution in [0, 0.1) is 0 Å². The fourth-order valence-electron chi connectivity index (χ4n) is 2.07. The Morgan fingerprint density at radius 1 is 0.818 bits per heavy atom. The summed E-state index contributed by atoms with van der Waals surface area (Å²) in [4.78, 5) is 23.7. The molecule has 6 nitrogen and oxygen atoms in total. The van der Waals surface area contributed by atoms with Crippen molar-refractivity contribution in [3.63, 3.8) is 0 Å². The molecule has 116 valence electrons. The second-order valence-corrected chi connectivity index (χ2v) is 5.88. The minimum Gasteiger partial charge on any atom is -0.455 e. The molecule has 0 atom stereocenters. The molecule has 4 bridgehead atoms. The van der Waals surface area contributed by atoms with Crippen molar-refractivity contribution < 1.29 is 18.4 Å². The van der Waals surface area contributed by atoms with Gasteiger partial charge in [0.25, 0.3) is 11.8 Å². The standard InChI is InChI=1S/C15H16N2O4S/c18-14-12-4-2-10(20-12)8-22-9-11-3-5-13(21-11)15(19)17-7-1-6-16-14/h2-5H,1,6-9H2,(H,16,18)(H,17,19). The van der Waals surface area contributed by atoms with Gasteiger partial charge in [0, 0.05) is 13.1 Å². The van der Waals surface area contributed by atoms with Gasteiger partial charge in [0.05, 0.1) is 11.5 Å². The first-order valence-electron chi connectivity index (χ1n) is 7.04. The second-order valence-electron chi connectivity index (χ2n) is 4.89. The zero-order chi connectivity index (χ0) is 15.4. The van der Waals surface area contributed by atoms with E-state index < -0.39 is 0 Å². The van der Waals surface area contributed by atoms with E-state index in [4.69, 9.17) is 8.83 Å². The molecule has 0 saturated carbocycles. The molecule has 3 rings (SSSR count). The van der Waals surface area contributed by atoms with Crippen molar-refractivity contribution in [2.24, 2.45) is 0 Å². The van der Waals surface area contributed by atoms with E-state index in [0.717, 1.165) is 11.5 Å². The normalized spacial score (nSPS) is 16.9. The van der Waals surface area contributed by atoms with Gasteiger partial charge in [-0.2, -0.15) is 0 Å². The lowest BCUT2D eigenvalue weighted by Gasteiger charge is -2.05. The summed E-state index contributed by atoms with van der Waals surface area (Å²) in [6, 6.07) is 6.96. The molecule has 2 aromatic rings. The lowest BCUT2D eigenvalue weighted by Crippen LogP contribution is -2.29. The number of carbonyl (C=O) groups is 2. The number of hydrogen-bond donors (Lipinski definition) is 2. The van der Waals surface area contributed by atoms with Gasteiger partial charge in [0.15, 0.2) is 11.5 Å². The molecule has 0 aliphatic carbocycles. The van der Waals surface area contributed by atoms with Crippen molar-refractivity contribution in [1.29, 1.82) is 0 Å². The highest BCUT2D eigenvalue weighted by Crippen LogP contribution is 2.21. The number of furan rings is 2. The van der Waals surface area contributed by atoms with Crippen molar-refractivity contribution in [3.8, 4) is 0 Å². The molecule has 2 aromatic heterocycles. The Morgan fingerprint density at radius 3 is 1.82 bits per heavy atom. The van der Waals surface area contributed by atoms with E-state index in [1.165, 1.54) is 0 Å². The van der Waals surface area contributed by atoms with E-state index in [-0.39, 0.29) is 11.8 Å². The van der Waals surface area contributed by atoms with E-state index >= 15 is 0 Å². The highest BCUT2D eigenvalue weighted by atomic mass is 32.2. The SMILES string of the molecule is O=C1NCCCNC(=O)c2ccc(o2)CSCc2ccc1o2.